The van der Waals surface area contributed by atoms with E-state index in [1.54, 1.807) is 24.7 Å². The molecule has 146 valence electrons. The second kappa shape index (κ2) is 8.43. The maximum atomic E-state index is 11.6. The lowest BCUT2D eigenvalue weighted by molar-refractivity contribution is 0.137. The highest BCUT2D eigenvalue weighted by Gasteiger charge is 2.22. The fourth-order valence-electron chi connectivity index (χ4n) is 3.31. The molecule has 6 nitrogen and oxygen atoms in total. The molecule has 28 heavy (non-hydrogen) atoms. The third kappa shape index (κ3) is 4.43. The highest BCUT2D eigenvalue weighted by Crippen LogP contribution is 2.29. The summed E-state index contributed by atoms with van der Waals surface area (Å²) >= 11 is 5.84. The number of hydrogen-bond acceptors (Lipinski definition) is 5. The summed E-state index contributed by atoms with van der Waals surface area (Å²) < 4.78 is 19.7. The topological polar surface area (TPSA) is 67.3 Å². The fraction of sp³-hybridized carbons (Fsp3) is 0.300. The largest absolute Gasteiger partial charge is 0.490 e. The van der Waals surface area contributed by atoms with Crippen LogP contribution in [0.25, 0.3) is 10.8 Å². The summed E-state index contributed by atoms with van der Waals surface area (Å²) in [6.45, 7) is 1.60. The average molecular weight is 417 g/mol. The number of rotatable bonds is 5. The normalized spacial score (nSPS) is 16.8. The molecule has 8 heteroatoms. The molecule has 1 unspecified atom stereocenters. The van der Waals surface area contributed by atoms with Crippen LogP contribution in [0.2, 0.25) is 5.15 Å². The van der Waals surface area contributed by atoms with E-state index in [1.165, 1.54) is 0 Å². The number of fused-ring (bicyclic) bond motifs is 1. The molecule has 0 amide bonds. The highest BCUT2D eigenvalue weighted by molar-refractivity contribution is 7.81. The molecule has 0 radical (unpaired) electrons. The molecule has 3 aromatic rings. The van der Waals surface area contributed by atoms with E-state index in [9.17, 15) is 4.21 Å². The third-order valence-corrected chi connectivity index (χ3v) is 6.11. The third-order valence-electron chi connectivity index (χ3n) is 4.79. The zero-order valence-electron chi connectivity index (χ0n) is 15.5. The van der Waals surface area contributed by atoms with Crippen LogP contribution in [-0.2, 0) is 11.0 Å². The van der Waals surface area contributed by atoms with Crippen LogP contribution in [0.3, 0.4) is 0 Å². The van der Waals surface area contributed by atoms with Crippen LogP contribution >= 0.6 is 11.6 Å². The summed E-state index contributed by atoms with van der Waals surface area (Å²) in [7, 11) is -0.901. The molecule has 1 aliphatic rings. The molecule has 1 saturated heterocycles. The van der Waals surface area contributed by atoms with Gasteiger partial charge in [-0.1, -0.05) is 11.6 Å². The minimum atomic E-state index is -0.901. The molecule has 0 bridgehead atoms. The lowest BCUT2D eigenvalue weighted by atomic mass is 10.1. The SMILES string of the molecule is CS(=O)N1CCC(Oc2ccc3c(Nc4ccc(Cl)nc4)nccc3c2)CC1. The van der Waals surface area contributed by atoms with Crippen molar-refractivity contribution in [2.24, 2.45) is 0 Å². The minimum Gasteiger partial charge on any atom is -0.490 e. The van der Waals surface area contributed by atoms with Gasteiger partial charge in [-0.3, -0.25) is 0 Å². The molecule has 1 fully saturated rings. The van der Waals surface area contributed by atoms with Crippen LogP contribution < -0.4 is 10.1 Å². The van der Waals surface area contributed by atoms with Gasteiger partial charge in [0.15, 0.2) is 0 Å². The summed E-state index contributed by atoms with van der Waals surface area (Å²) in [6, 6.07) is 11.6. The van der Waals surface area contributed by atoms with Gasteiger partial charge in [0.05, 0.1) is 22.9 Å². The van der Waals surface area contributed by atoms with Gasteiger partial charge in [-0.25, -0.2) is 18.5 Å². The van der Waals surface area contributed by atoms with Gasteiger partial charge in [-0.15, -0.1) is 0 Å². The number of halogens is 1. The molecule has 0 aliphatic carbocycles. The van der Waals surface area contributed by atoms with Crippen molar-refractivity contribution in [1.29, 1.82) is 0 Å². The monoisotopic (exact) mass is 416 g/mol. The Bertz CT molecular complexity index is 991. The number of piperidine rings is 1. The highest BCUT2D eigenvalue weighted by atomic mass is 35.5. The van der Waals surface area contributed by atoms with Gasteiger partial charge >= 0.3 is 0 Å². The zero-order chi connectivity index (χ0) is 19.5. The van der Waals surface area contributed by atoms with Gasteiger partial charge in [-0.2, -0.15) is 0 Å². The van der Waals surface area contributed by atoms with E-state index in [-0.39, 0.29) is 6.10 Å². The Kier molecular flexibility index (Phi) is 5.75. The molecule has 1 aromatic carbocycles. The fourth-order valence-corrected chi connectivity index (χ4v) is 4.15. The van der Waals surface area contributed by atoms with E-state index in [4.69, 9.17) is 16.3 Å². The number of aromatic nitrogens is 2. The van der Waals surface area contributed by atoms with Crippen LogP contribution in [0, 0.1) is 0 Å². The van der Waals surface area contributed by atoms with Gasteiger partial charge in [0.2, 0.25) is 0 Å². The summed E-state index contributed by atoms with van der Waals surface area (Å²) in [5.41, 5.74) is 0.824. The van der Waals surface area contributed by atoms with E-state index >= 15 is 0 Å². The van der Waals surface area contributed by atoms with Crippen molar-refractivity contribution in [2.45, 2.75) is 18.9 Å². The van der Waals surface area contributed by atoms with Crippen molar-refractivity contribution in [3.63, 3.8) is 0 Å². The van der Waals surface area contributed by atoms with Gasteiger partial charge in [0.25, 0.3) is 0 Å². The summed E-state index contributed by atoms with van der Waals surface area (Å²) in [6.07, 6.45) is 7.08. The number of pyridine rings is 2. The Morgan fingerprint density at radius 3 is 2.71 bits per heavy atom. The van der Waals surface area contributed by atoms with Crippen LogP contribution in [0.5, 0.6) is 5.75 Å². The first kappa shape index (κ1) is 19.1. The van der Waals surface area contributed by atoms with E-state index in [1.807, 2.05) is 34.6 Å². The average Bonchev–Trinajstić information content (AvgIpc) is 2.70. The first-order chi connectivity index (χ1) is 13.6. The van der Waals surface area contributed by atoms with E-state index in [0.717, 1.165) is 54.0 Å². The van der Waals surface area contributed by atoms with Crippen LogP contribution in [0.15, 0.2) is 48.8 Å². The van der Waals surface area contributed by atoms with Crippen molar-refractivity contribution in [2.75, 3.05) is 24.7 Å². The number of hydrogen-bond donors (Lipinski definition) is 1. The number of nitrogens with one attached hydrogen (secondary N) is 1. The Hall–Kier alpha value is -2.22. The van der Waals surface area contributed by atoms with Crippen molar-refractivity contribution in [3.8, 4) is 5.75 Å². The Morgan fingerprint density at radius 2 is 2.00 bits per heavy atom. The van der Waals surface area contributed by atoms with Crippen molar-refractivity contribution >= 4 is 44.9 Å². The predicted octanol–water partition coefficient (Wildman–Crippen LogP) is 4.16. The van der Waals surface area contributed by atoms with Crippen molar-refractivity contribution in [3.05, 3.63) is 53.9 Å². The first-order valence-corrected chi connectivity index (χ1v) is 11.0. The maximum absolute atomic E-state index is 11.6. The van der Waals surface area contributed by atoms with E-state index in [0.29, 0.717) is 5.15 Å². The molecule has 1 atom stereocenters. The number of ether oxygens (including phenoxy) is 1. The molecule has 0 spiro atoms. The lowest BCUT2D eigenvalue weighted by Crippen LogP contribution is -2.38. The summed E-state index contributed by atoms with van der Waals surface area (Å²) in [5, 5.41) is 5.78. The number of anilines is 2. The van der Waals surface area contributed by atoms with Gasteiger partial charge in [0, 0.05) is 30.9 Å². The minimum absolute atomic E-state index is 0.150. The molecule has 0 saturated carbocycles. The molecule has 1 aliphatic heterocycles. The zero-order valence-corrected chi connectivity index (χ0v) is 17.0. The summed E-state index contributed by atoms with van der Waals surface area (Å²) in [5.74, 6) is 1.60. The first-order valence-electron chi connectivity index (χ1n) is 9.11. The van der Waals surface area contributed by atoms with E-state index < -0.39 is 11.0 Å². The molecular weight excluding hydrogens is 396 g/mol. The van der Waals surface area contributed by atoms with Crippen molar-refractivity contribution < 1.29 is 8.95 Å². The summed E-state index contributed by atoms with van der Waals surface area (Å²) in [4.78, 5) is 8.53. The second-order valence-electron chi connectivity index (χ2n) is 6.71. The Balaban J connectivity index is 1.49. The quantitative estimate of drug-likeness (QED) is 0.632. The van der Waals surface area contributed by atoms with Gasteiger partial charge in [-0.05, 0) is 54.6 Å². The smallest absolute Gasteiger partial charge is 0.138 e. The number of benzene rings is 1. The van der Waals surface area contributed by atoms with Crippen LogP contribution in [0.4, 0.5) is 11.5 Å². The number of nitrogens with zero attached hydrogens (tertiary/aromatic N) is 3. The predicted molar refractivity (Wildman–Crippen MR) is 114 cm³/mol. The molecule has 4 rings (SSSR count). The molecule has 2 aromatic heterocycles. The molecule has 3 heterocycles. The lowest BCUT2D eigenvalue weighted by Gasteiger charge is -2.30. The second-order valence-corrected chi connectivity index (χ2v) is 8.46. The Labute approximate surface area is 171 Å². The maximum Gasteiger partial charge on any atom is 0.138 e. The van der Waals surface area contributed by atoms with Crippen molar-refractivity contribution in [1.82, 2.24) is 14.3 Å². The van der Waals surface area contributed by atoms with Crippen LogP contribution in [-0.4, -0.2) is 43.9 Å². The Morgan fingerprint density at radius 1 is 1.18 bits per heavy atom. The van der Waals surface area contributed by atoms with E-state index in [2.05, 4.69) is 15.3 Å². The van der Waals surface area contributed by atoms with Gasteiger partial charge < -0.3 is 10.1 Å². The van der Waals surface area contributed by atoms with Gasteiger partial charge in [0.1, 0.15) is 22.8 Å². The molecule has 1 N–H and O–H groups in total. The van der Waals surface area contributed by atoms with Crippen LogP contribution in [0.1, 0.15) is 12.8 Å². The molecular formula is C20H21ClN4O2S. The standard InChI is InChI=1S/C20H21ClN4O2S/c1-28(26)25-10-7-16(8-11-25)27-17-3-4-18-14(12-17)6-9-22-20(18)24-15-2-5-19(21)23-13-15/h2-6,9,12-13,16H,7-8,10-11H2,1H3,(H,22,24).